The maximum Gasteiger partial charge on any atom is 0.260 e. The van der Waals surface area contributed by atoms with Crippen molar-refractivity contribution in [1.29, 1.82) is 0 Å². The molecular formula is C16H23NO3. The van der Waals surface area contributed by atoms with Crippen molar-refractivity contribution < 1.29 is 14.6 Å². The monoisotopic (exact) mass is 277 g/mol. The van der Waals surface area contributed by atoms with Gasteiger partial charge in [0.15, 0.2) is 6.10 Å². The van der Waals surface area contributed by atoms with Crippen molar-refractivity contribution in [3.05, 3.63) is 29.8 Å². The summed E-state index contributed by atoms with van der Waals surface area (Å²) in [6.07, 6.45) is 2.48. The van der Waals surface area contributed by atoms with E-state index in [1.54, 1.807) is 6.92 Å². The van der Waals surface area contributed by atoms with E-state index >= 15 is 0 Å². The first-order valence-corrected chi connectivity index (χ1v) is 7.26. The van der Waals surface area contributed by atoms with Crippen molar-refractivity contribution in [1.82, 2.24) is 5.32 Å². The third kappa shape index (κ3) is 4.23. The van der Waals surface area contributed by atoms with Gasteiger partial charge in [-0.1, -0.05) is 12.1 Å². The molecule has 4 nitrogen and oxygen atoms in total. The van der Waals surface area contributed by atoms with Crippen LogP contribution >= 0.6 is 0 Å². The quantitative estimate of drug-likeness (QED) is 0.887. The first-order chi connectivity index (χ1) is 9.54. The zero-order valence-corrected chi connectivity index (χ0v) is 12.1. The number of benzene rings is 1. The van der Waals surface area contributed by atoms with Crippen LogP contribution in [-0.4, -0.2) is 29.3 Å². The van der Waals surface area contributed by atoms with E-state index in [0.29, 0.717) is 5.75 Å². The SMILES string of the molecule is Cc1cccc(O[C@@H](C)C(=O)NC2CCC(O)CC2)c1. The van der Waals surface area contributed by atoms with Gasteiger partial charge in [-0.25, -0.2) is 0 Å². The largest absolute Gasteiger partial charge is 0.481 e. The highest BCUT2D eigenvalue weighted by Crippen LogP contribution is 2.19. The van der Waals surface area contributed by atoms with E-state index in [0.717, 1.165) is 31.2 Å². The van der Waals surface area contributed by atoms with E-state index in [1.807, 2.05) is 31.2 Å². The standard InChI is InChI=1S/C16H23NO3/c1-11-4-3-5-15(10-11)20-12(2)16(19)17-13-6-8-14(18)9-7-13/h3-5,10,12-14,18H,6-9H2,1-2H3,(H,17,19)/t12-,13?,14?/m0/s1. The summed E-state index contributed by atoms with van der Waals surface area (Å²) in [7, 11) is 0. The topological polar surface area (TPSA) is 58.6 Å². The van der Waals surface area contributed by atoms with Crippen molar-refractivity contribution in [2.45, 2.75) is 57.8 Å². The van der Waals surface area contributed by atoms with Gasteiger partial charge in [-0.05, 0) is 57.2 Å². The predicted molar refractivity (Wildman–Crippen MR) is 77.7 cm³/mol. The van der Waals surface area contributed by atoms with Crippen LogP contribution in [0.1, 0.15) is 38.2 Å². The second-order valence-electron chi connectivity index (χ2n) is 5.59. The molecule has 1 saturated carbocycles. The van der Waals surface area contributed by atoms with Crippen LogP contribution in [0.2, 0.25) is 0 Å². The summed E-state index contributed by atoms with van der Waals surface area (Å²) in [4.78, 5) is 12.1. The van der Waals surface area contributed by atoms with E-state index in [2.05, 4.69) is 5.32 Å². The highest BCUT2D eigenvalue weighted by molar-refractivity contribution is 5.81. The molecule has 0 saturated heterocycles. The zero-order chi connectivity index (χ0) is 14.5. The minimum Gasteiger partial charge on any atom is -0.481 e. The van der Waals surface area contributed by atoms with E-state index in [4.69, 9.17) is 4.74 Å². The molecule has 0 unspecified atom stereocenters. The number of amides is 1. The van der Waals surface area contributed by atoms with Gasteiger partial charge in [-0.2, -0.15) is 0 Å². The molecule has 1 aliphatic rings. The smallest absolute Gasteiger partial charge is 0.260 e. The summed E-state index contributed by atoms with van der Waals surface area (Å²) in [6, 6.07) is 7.84. The molecule has 1 fully saturated rings. The lowest BCUT2D eigenvalue weighted by atomic mass is 9.93. The lowest BCUT2D eigenvalue weighted by Crippen LogP contribution is -2.44. The molecule has 110 valence electrons. The average Bonchev–Trinajstić information content (AvgIpc) is 2.41. The molecular weight excluding hydrogens is 254 g/mol. The molecule has 2 N–H and O–H groups in total. The molecule has 1 amide bonds. The molecule has 0 spiro atoms. The number of ether oxygens (including phenoxy) is 1. The lowest BCUT2D eigenvalue weighted by molar-refractivity contribution is -0.128. The fraction of sp³-hybridized carbons (Fsp3) is 0.562. The molecule has 2 rings (SSSR count). The molecule has 0 radical (unpaired) electrons. The van der Waals surface area contributed by atoms with Gasteiger partial charge in [0.05, 0.1) is 6.10 Å². The first-order valence-electron chi connectivity index (χ1n) is 7.26. The molecule has 1 aromatic carbocycles. The Morgan fingerprint density at radius 3 is 2.70 bits per heavy atom. The number of hydrogen-bond acceptors (Lipinski definition) is 3. The van der Waals surface area contributed by atoms with Gasteiger partial charge in [0.1, 0.15) is 5.75 Å². The molecule has 0 aromatic heterocycles. The van der Waals surface area contributed by atoms with E-state index in [1.165, 1.54) is 0 Å². The minimum atomic E-state index is -0.511. The van der Waals surface area contributed by atoms with E-state index < -0.39 is 6.10 Å². The van der Waals surface area contributed by atoms with E-state index in [-0.39, 0.29) is 18.1 Å². The summed E-state index contributed by atoms with van der Waals surface area (Å²) in [5, 5.41) is 12.5. The molecule has 0 bridgehead atoms. The van der Waals surface area contributed by atoms with Crippen LogP contribution in [0.25, 0.3) is 0 Å². The zero-order valence-electron chi connectivity index (χ0n) is 12.1. The molecule has 1 aromatic rings. The number of rotatable bonds is 4. The van der Waals surface area contributed by atoms with Crippen LogP contribution in [0.3, 0.4) is 0 Å². The molecule has 20 heavy (non-hydrogen) atoms. The Balaban J connectivity index is 1.83. The Morgan fingerprint density at radius 1 is 1.35 bits per heavy atom. The van der Waals surface area contributed by atoms with Gasteiger partial charge in [0.25, 0.3) is 5.91 Å². The maximum atomic E-state index is 12.1. The third-order valence-electron chi connectivity index (χ3n) is 3.71. The molecule has 0 heterocycles. The fourth-order valence-corrected chi connectivity index (χ4v) is 2.48. The average molecular weight is 277 g/mol. The highest BCUT2D eigenvalue weighted by atomic mass is 16.5. The summed E-state index contributed by atoms with van der Waals surface area (Å²) < 4.78 is 5.66. The number of hydrogen-bond donors (Lipinski definition) is 2. The van der Waals surface area contributed by atoms with Gasteiger partial charge in [0, 0.05) is 6.04 Å². The van der Waals surface area contributed by atoms with Crippen LogP contribution < -0.4 is 10.1 Å². The Bertz CT molecular complexity index is 453. The minimum absolute atomic E-state index is 0.0899. The predicted octanol–water partition coefficient (Wildman–Crippen LogP) is 2.18. The number of carbonyl (C=O) groups excluding carboxylic acids is 1. The normalized spacial score (nSPS) is 23.9. The van der Waals surface area contributed by atoms with Gasteiger partial charge >= 0.3 is 0 Å². The van der Waals surface area contributed by atoms with Gasteiger partial charge in [0.2, 0.25) is 0 Å². The van der Waals surface area contributed by atoms with Crippen LogP contribution in [0.15, 0.2) is 24.3 Å². The number of aliphatic hydroxyl groups is 1. The van der Waals surface area contributed by atoms with Crippen molar-refractivity contribution in [2.24, 2.45) is 0 Å². The maximum absolute atomic E-state index is 12.1. The van der Waals surface area contributed by atoms with Crippen LogP contribution in [-0.2, 0) is 4.79 Å². The molecule has 0 aliphatic heterocycles. The summed E-state index contributed by atoms with van der Waals surface area (Å²) in [5.41, 5.74) is 1.11. The van der Waals surface area contributed by atoms with Gasteiger partial charge in [-0.3, -0.25) is 4.79 Å². The van der Waals surface area contributed by atoms with Crippen molar-refractivity contribution >= 4 is 5.91 Å². The number of carbonyl (C=O) groups is 1. The second-order valence-corrected chi connectivity index (χ2v) is 5.59. The molecule has 4 heteroatoms. The Hall–Kier alpha value is -1.55. The third-order valence-corrected chi connectivity index (χ3v) is 3.71. The van der Waals surface area contributed by atoms with E-state index in [9.17, 15) is 9.90 Å². The molecule has 1 atom stereocenters. The summed E-state index contributed by atoms with van der Waals surface area (Å²) in [5.74, 6) is 0.625. The number of aliphatic hydroxyl groups excluding tert-OH is 1. The Morgan fingerprint density at radius 2 is 2.05 bits per heavy atom. The summed E-state index contributed by atoms with van der Waals surface area (Å²) in [6.45, 7) is 3.75. The Labute approximate surface area is 120 Å². The number of aryl methyl sites for hydroxylation is 1. The fourth-order valence-electron chi connectivity index (χ4n) is 2.48. The first kappa shape index (κ1) is 14.9. The van der Waals surface area contributed by atoms with Gasteiger partial charge in [-0.15, -0.1) is 0 Å². The van der Waals surface area contributed by atoms with Crippen LogP contribution in [0.5, 0.6) is 5.75 Å². The lowest BCUT2D eigenvalue weighted by Gasteiger charge is -2.27. The van der Waals surface area contributed by atoms with Crippen molar-refractivity contribution in [2.75, 3.05) is 0 Å². The highest BCUT2D eigenvalue weighted by Gasteiger charge is 2.23. The second kappa shape index (κ2) is 6.75. The number of nitrogens with one attached hydrogen (secondary N) is 1. The molecule has 1 aliphatic carbocycles. The van der Waals surface area contributed by atoms with Crippen molar-refractivity contribution in [3.8, 4) is 5.75 Å². The van der Waals surface area contributed by atoms with Crippen LogP contribution in [0.4, 0.5) is 0 Å². The van der Waals surface area contributed by atoms with Crippen LogP contribution in [0, 0.1) is 6.92 Å². The Kier molecular flexibility index (Phi) is 5.01. The van der Waals surface area contributed by atoms with Gasteiger partial charge < -0.3 is 15.2 Å². The summed E-state index contributed by atoms with van der Waals surface area (Å²) >= 11 is 0. The van der Waals surface area contributed by atoms with Crippen molar-refractivity contribution in [3.63, 3.8) is 0 Å².